The summed E-state index contributed by atoms with van der Waals surface area (Å²) in [6.45, 7) is -0.296. The number of hydrogen-bond acceptors (Lipinski definition) is 2. The Kier molecular flexibility index (Phi) is 2.98. The zero-order valence-electron chi connectivity index (χ0n) is 3.52. The summed E-state index contributed by atoms with van der Waals surface area (Å²) in [4.78, 5) is 0. The maximum absolute atomic E-state index is 11.0. The first-order valence-electron chi connectivity index (χ1n) is 1.71. The van der Waals surface area contributed by atoms with Gasteiger partial charge in [0.2, 0.25) is 0 Å². The molecule has 0 aromatic carbocycles. The van der Waals surface area contributed by atoms with Crippen molar-refractivity contribution in [2.45, 2.75) is 13.5 Å². The predicted octanol–water partition coefficient (Wildman–Crippen LogP) is 0.268. The van der Waals surface area contributed by atoms with Crippen LogP contribution in [0.2, 0.25) is 0 Å². The highest BCUT2D eigenvalue weighted by molar-refractivity contribution is 4.06. The van der Waals surface area contributed by atoms with E-state index in [1.54, 1.807) is 6.92 Å². The van der Waals surface area contributed by atoms with Crippen molar-refractivity contribution >= 4 is 0 Å². The summed E-state index contributed by atoms with van der Waals surface area (Å²) in [5, 5.41) is 7.66. The van der Waals surface area contributed by atoms with Gasteiger partial charge in [-0.25, -0.2) is 0 Å². The molecule has 1 atom stereocenters. The number of ether oxygens (including phenoxy) is 1. The van der Waals surface area contributed by atoms with Crippen molar-refractivity contribution in [3.63, 3.8) is 0 Å². The molecule has 0 fully saturated rings. The molecule has 0 radical (unpaired) electrons. The van der Waals surface area contributed by atoms with E-state index in [0.29, 0.717) is 0 Å². The Labute approximate surface area is 35.5 Å². The molecule has 0 aromatic heterocycles. The summed E-state index contributed by atoms with van der Waals surface area (Å²) < 4.78 is 15.0. The van der Waals surface area contributed by atoms with Gasteiger partial charge in [0.1, 0.15) is 0 Å². The van der Waals surface area contributed by atoms with Gasteiger partial charge in [0.05, 0.1) is 0 Å². The maximum atomic E-state index is 11.0. The van der Waals surface area contributed by atoms with E-state index in [4.69, 9.17) is 5.11 Å². The second kappa shape index (κ2) is 3.06. The van der Waals surface area contributed by atoms with Crippen molar-refractivity contribution in [2.24, 2.45) is 0 Å². The zero-order valence-corrected chi connectivity index (χ0v) is 3.52. The Hall–Kier alpha value is -0.150. The fourth-order valence-electron chi connectivity index (χ4n) is 0.138. The van der Waals surface area contributed by atoms with E-state index in [2.05, 4.69) is 4.74 Å². The highest BCUT2D eigenvalue weighted by Crippen LogP contribution is 1.82. The first kappa shape index (κ1) is 5.85. The minimum atomic E-state index is -2.10. The van der Waals surface area contributed by atoms with Crippen molar-refractivity contribution < 1.29 is 14.2 Å². The lowest BCUT2D eigenvalue weighted by Gasteiger charge is -1.95. The molecule has 0 aliphatic heterocycles. The second-order valence-electron chi connectivity index (χ2n) is 0.747. The quantitative estimate of drug-likeness (QED) is 0.497. The van der Waals surface area contributed by atoms with Crippen molar-refractivity contribution in [3.8, 4) is 0 Å². The first-order valence-corrected chi connectivity index (χ1v) is 1.71. The van der Waals surface area contributed by atoms with E-state index in [1.165, 1.54) is 0 Å². The van der Waals surface area contributed by atoms with E-state index in [0.717, 1.165) is 0 Å². The van der Waals surface area contributed by atoms with Crippen molar-refractivity contribution in [3.05, 3.63) is 0 Å². The second-order valence-corrected chi connectivity index (χ2v) is 0.747. The lowest BCUT2D eigenvalue weighted by atomic mass is 10.9. The minimum absolute atomic E-state index is 0.206. The molecule has 0 saturated heterocycles. The van der Waals surface area contributed by atoms with Crippen molar-refractivity contribution in [1.29, 1.82) is 0 Å². The smallest absolute Gasteiger partial charge is 0.307 e. The van der Waals surface area contributed by atoms with Crippen LogP contribution in [-0.2, 0) is 4.74 Å². The number of rotatable bonds is 2. The summed E-state index contributed by atoms with van der Waals surface area (Å²) in [5.41, 5.74) is 0. The van der Waals surface area contributed by atoms with E-state index in [1.807, 2.05) is 0 Å². The van der Waals surface area contributed by atoms with Gasteiger partial charge in [-0.1, -0.05) is 0 Å². The predicted molar refractivity (Wildman–Crippen MR) is 18.7 cm³/mol. The van der Waals surface area contributed by atoms with Crippen molar-refractivity contribution in [2.75, 3.05) is 6.61 Å². The Morgan fingerprint density at radius 3 is 2.50 bits per heavy atom. The number of halogens is 1. The third-order valence-electron chi connectivity index (χ3n) is 0.304. The Morgan fingerprint density at radius 2 is 2.50 bits per heavy atom. The van der Waals surface area contributed by atoms with Crippen LogP contribution in [0, 0.1) is 0 Å². The molecular weight excluding hydrogens is 87.0 g/mol. The van der Waals surface area contributed by atoms with E-state index in [-0.39, 0.29) is 6.61 Å². The topological polar surface area (TPSA) is 29.5 Å². The summed E-state index contributed by atoms with van der Waals surface area (Å²) in [7, 11) is 0. The largest absolute Gasteiger partial charge is 0.342 e. The van der Waals surface area contributed by atoms with Gasteiger partial charge in [-0.2, -0.15) is 4.39 Å². The highest BCUT2D eigenvalue weighted by atomic mass is 19.2. The van der Waals surface area contributed by atoms with Gasteiger partial charge >= 0.3 is 6.54 Å². The SMILES string of the molecule is CCOC(O)F. The summed E-state index contributed by atoms with van der Waals surface area (Å²) in [5.74, 6) is 0. The van der Waals surface area contributed by atoms with E-state index >= 15 is 0 Å². The number of aliphatic hydroxyl groups is 1. The fourth-order valence-corrected chi connectivity index (χ4v) is 0.138. The minimum Gasteiger partial charge on any atom is -0.342 e. The third-order valence-corrected chi connectivity index (χ3v) is 0.304. The van der Waals surface area contributed by atoms with Crippen LogP contribution in [-0.4, -0.2) is 18.3 Å². The van der Waals surface area contributed by atoms with Gasteiger partial charge in [-0.05, 0) is 6.92 Å². The Morgan fingerprint density at radius 1 is 2.00 bits per heavy atom. The first-order chi connectivity index (χ1) is 2.77. The average molecular weight is 94.1 g/mol. The zero-order chi connectivity index (χ0) is 4.99. The Bertz CT molecular complexity index is 30.0. The van der Waals surface area contributed by atoms with Crippen LogP contribution in [0.4, 0.5) is 4.39 Å². The number of hydrogen-bond donors (Lipinski definition) is 1. The van der Waals surface area contributed by atoms with Crippen LogP contribution in [0.5, 0.6) is 0 Å². The van der Waals surface area contributed by atoms with Gasteiger partial charge in [-0.15, -0.1) is 0 Å². The van der Waals surface area contributed by atoms with Gasteiger partial charge < -0.3 is 9.84 Å². The average Bonchev–Trinajstić information content (AvgIpc) is 1.35. The third kappa shape index (κ3) is 3.85. The molecule has 0 heterocycles. The molecule has 0 rings (SSSR count). The van der Waals surface area contributed by atoms with Crippen LogP contribution in [0.15, 0.2) is 0 Å². The van der Waals surface area contributed by atoms with Crippen LogP contribution in [0.1, 0.15) is 6.92 Å². The highest BCUT2D eigenvalue weighted by Gasteiger charge is 1.91. The van der Waals surface area contributed by atoms with Crippen molar-refractivity contribution in [1.82, 2.24) is 0 Å². The lowest BCUT2D eigenvalue weighted by molar-refractivity contribution is -0.180. The van der Waals surface area contributed by atoms with E-state index < -0.39 is 6.54 Å². The van der Waals surface area contributed by atoms with Gasteiger partial charge in [-0.3, -0.25) is 0 Å². The van der Waals surface area contributed by atoms with Crippen LogP contribution in [0.3, 0.4) is 0 Å². The molecule has 0 spiro atoms. The van der Waals surface area contributed by atoms with Crippen LogP contribution >= 0.6 is 0 Å². The molecule has 6 heavy (non-hydrogen) atoms. The molecule has 3 heteroatoms. The Balaban J connectivity index is 2.63. The number of aliphatic hydroxyl groups excluding tert-OH is 1. The van der Waals surface area contributed by atoms with Gasteiger partial charge in [0.15, 0.2) is 0 Å². The molecule has 38 valence electrons. The molecule has 0 bridgehead atoms. The van der Waals surface area contributed by atoms with Gasteiger partial charge in [0.25, 0.3) is 0 Å². The maximum Gasteiger partial charge on any atom is 0.307 e. The molecule has 0 aromatic rings. The standard InChI is InChI=1S/C3H7FO2/c1-2-6-3(4)5/h3,5H,2H2,1H3. The monoisotopic (exact) mass is 94.0 g/mol. The normalized spacial score (nSPS) is 14.5. The fraction of sp³-hybridized carbons (Fsp3) is 1.00. The van der Waals surface area contributed by atoms with Crippen LogP contribution < -0.4 is 0 Å². The molecule has 1 unspecified atom stereocenters. The van der Waals surface area contributed by atoms with Crippen LogP contribution in [0.25, 0.3) is 0 Å². The summed E-state index contributed by atoms with van der Waals surface area (Å²) in [6.07, 6.45) is 0. The molecule has 0 saturated carbocycles. The summed E-state index contributed by atoms with van der Waals surface area (Å²) >= 11 is 0. The molecule has 0 aliphatic carbocycles. The van der Waals surface area contributed by atoms with Gasteiger partial charge in [0, 0.05) is 6.61 Å². The number of alkyl halides is 1. The molecule has 0 aliphatic rings. The molecular formula is C3H7FO2. The molecule has 2 nitrogen and oxygen atoms in total. The summed E-state index contributed by atoms with van der Waals surface area (Å²) in [6, 6.07) is 0. The van der Waals surface area contributed by atoms with E-state index in [9.17, 15) is 4.39 Å². The molecule has 0 amide bonds. The molecule has 1 N–H and O–H groups in total. The lowest BCUT2D eigenvalue weighted by Crippen LogP contribution is -2.02.